The lowest BCUT2D eigenvalue weighted by Crippen LogP contribution is -2.32. The number of carbonyl (C=O) groups is 1. The minimum absolute atomic E-state index is 0.434. The van der Waals surface area contributed by atoms with Crippen LogP contribution in [0.15, 0.2) is 29.0 Å². The molecule has 5 nitrogen and oxygen atoms in total. The van der Waals surface area contributed by atoms with E-state index in [1.54, 1.807) is 25.5 Å². The fraction of sp³-hybridized carbons (Fsp3) is 0.385. The van der Waals surface area contributed by atoms with Crippen LogP contribution in [0.25, 0.3) is 11.0 Å². The summed E-state index contributed by atoms with van der Waals surface area (Å²) in [4.78, 5) is 17.2. The Morgan fingerprint density at radius 3 is 3.00 bits per heavy atom. The van der Waals surface area contributed by atoms with Gasteiger partial charge in [0.05, 0.1) is 17.6 Å². The number of rotatable bonds is 5. The molecule has 0 aliphatic rings. The van der Waals surface area contributed by atoms with Crippen LogP contribution >= 0.6 is 0 Å². The van der Waals surface area contributed by atoms with Gasteiger partial charge in [-0.25, -0.2) is 4.98 Å². The van der Waals surface area contributed by atoms with Gasteiger partial charge in [-0.05, 0) is 19.1 Å². The van der Waals surface area contributed by atoms with E-state index >= 15 is 0 Å². The van der Waals surface area contributed by atoms with Crippen LogP contribution < -0.4 is 4.90 Å². The molecule has 1 atom stereocenters. The molecule has 2 aromatic rings. The molecular formula is C13H16N2O3. The molecule has 0 saturated carbocycles. The molecule has 0 aliphatic heterocycles. The maximum absolute atomic E-state index is 10.9. The fourth-order valence-electron chi connectivity index (χ4n) is 1.91. The fourth-order valence-corrected chi connectivity index (χ4v) is 1.91. The number of nitrogens with zero attached hydrogens (tertiary/aromatic N) is 2. The number of furan rings is 1. The highest BCUT2D eigenvalue weighted by Crippen LogP contribution is 2.25. The van der Waals surface area contributed by atoms with Gasteiger partial charge in [-0.2, -0.15) is 0 Å². The molecule has 1 unspecified atom stereocenters. The van der Waals surface area contributed by atoms with Crippen molar-refractivity contribution in [2.45, 2.75) is 13.8 Å². The van der Waals surface area contributed by atoms with E-state index in [-0.39, 0.29) is 0 Å². The van der Waals surface area contributed by atoms with E-state index < -0.39 is 11.9 Å². The molecule has 2 rings (SSSR count). The first-order valence-corrected chi connectivity index (χ1v) is 5.93. The highest BCUT2D eigenvalue weighted by Gasteiger charge is 2.18. The van der Waals surface area contributed by atoms with Crippen LogP contribution in [0.3, 0.4) is 0 Å². The van der Waals surface area contributed by atoms with E-state index in [1.807, 2.05) is 17.9 Å². The first-order chi connectivity index (χ1) is 8.63. The Bertz CT molecular complexity index is 550. The highest BCUT2D eigenvalue weighted by atomic mass is 16.4. The quantitative estimate of drug-likeness (QED) is 0.879. The molecule has 96 valence electrons. The van der Waals surface area contributed by atoms with Crippen LogP contribution in [0.5, 0.6) is 0 Å². The SMILES string of the molecule is CCN(CC(C)C(=O)O)c1nccc2occc12. The Hall–Kier alpha value is -2.04. The molecular weight excluding hydrogens is 232 g/mol. The van der Waals surface area contributed by atoms with E-state index in [0.29, 0.717) is 13.1 Å². The average molecular weight is 248 g/mol. The summed E-state index contributed by atoms with van der Waals surface area (Å²) >= 11 is 0. The highest BCUT2D eigenvalue weighted by molar-refractivity contribution is 5.88. The van der Waals surface area contributed by atoms with Crippen molar-refractivity contribution >= 4 is 22.8 Å². The largest absolute Gasteiger partial charge is 0.481 e. The third kappa shape index (κ3) is 2.30. The number of pyridine rings is 1. The molecule has 0 aromatic carbocycles. The Morgan fingerprint density at radius 2 is 2.33 bits per heavy atom. The summed E-state index contributed by atoms with van der Waals surface area (Å²) in [6.07, 6.45) is 3.29. The molecule has 0 bridgehead atoms. The van der Waals surface area contributed by atoms with E-state index in [2.05, 4.69) is 4.98 Å². The summed E-state index contributed by atoms with van der Waals surface area (Å²) in [5.74, 6) is -0.460. The third-order valence-electron chi connectivity index (χ3n) is 2.96. The van der Waals surface area contributed by atoms with E-state index in [1.165, 1.54) is 0 Å². The maximum atomic E-state index is 10.9. The van der Waals surface area contributed by atoms with Crippen molar-refractivity contribution in [1.29, 1.82) is 0 Å². The lowest BCUT2D eigenvalue weighted by molar-refractivity contribution is -0.140. The van der Waals surface area contributed by atoms with Gasteiger partial charge in [0.15, 0.2) is 0 Å². The van der Waals surface area contributed by atoms with Crippen LogP contribution in [-0.2, 0) is 4.79 Å². The van der Waals surface area contributed by atoms with Crippen LogP contribution in [0.1, 0.15) is 13.8 Å². The average Bonchev–Trinajstić information content (AvgIpc) is 2.83. The molecule has 5 heteroatoms. The van der Waals surface area contributed by atoms with Gasteiger partial charge in [0.2, 0.25) is 0 Å². The molecule has 0 radical (unpaired) electrons. The van der Waals surface area contributed by atoms with Crippen molar-refractivity contribution in [3.8, 4) is 0 Å². The number of anilines is 1. The monoisotopic (exact) mass is 248 g/mol. The van der Waals surface area contributed by atoms with Crippen molar-refractivity contribution in [3.63, 3.8) is 0 Å². The van der Waals surface area contributed by atoms with Crippen LogP contribution in [0.2, 0.25) is 0 Å². The predicted molar refractivity (Wildman–Crippen MR) is 68.7 cm³/mol. The van der Waals surface area contributed by atoms with Crippen molar-refractivity contribution in [2.24, 2.45) is 5.92 Å². The normalized spacial score (nSPS) is 12.6. The topological polar surface area (TPSA) is 66.6 Å². The van der Waals surface area contributed by atoms with Gasteiger partial charge in [0, 0.05) is 19.3 Å². The summed E-state index contributed by atoms with van der Waals surface area (Å²) < 4.78 is 5.32. The zero-order valence-corrected chi connectivity index (χ0v) is 10.5. The summed E-state index contributed by atoms with van der Waals surface area (Å²) in [6.45, 7) is 4.81. The Labute approximate surface area is 105 Å². The number of aromatic nitrogens is 1. The molecule has 2 aromatic heterocycles. The minimum Gasteiger partial charge on any atom is -0.481 e. The first kappa shape index (κ1) is 12.4. The van der Waals surface area contributed by atoms with Gasteiger partial charge in [0.25, 0.3) is 0 Å². The summed E-state index contributed by atoms with van der Waals surface area (Å²) in [7, 11) is 0. The van der Waals surface area contributed by atoms with Crippen molar-refractivity contribution in [1.82, 2.24) is 4.98 Å². The molecule has 2 heterocycles. The number of carboxylic acids is 1. The summed E-state index contributed by atoms with van der Waals surface area (Å²) in [6, 6.07) is 3.65. The van der Waals surface area contributed by atoms with E-state index in [4.69, 9.17) is 9.52 Å². The minimum atomic E-state index is -0.798. The van der Waals surface area contributed by atoms with E-state index in [0.717, 1.165) is 16.8 Å². The lowest BCUT2D eigenvalue weighted by atomic mass is 10.1. The van der Waals surface area contributed by atoms with Crippen LogP contribution in [-0.4, -0.2) is 29.1 Å². The van der Waals surface area contributed by atoms with Gasteiger partial charge in [-0.3, -0.25) is 4.79 Å². The first-order valence-electron chi connectivity index (χ1n) is 5.93. The van der Waals surface area contributed by atoms with Gasteiger partial charge in [-0.1, -0.05) is 6.92 Å². The number of fused-ring (bicyclic) bond motifs is 1. The van der Waals surface area contributed by atoms with Gasteiger partial charge in [0.1, 0.15) is 11.4 Å². The second kappa shape index (κ2) is 5.08. The smallest absolute Gasteiger partial charge is 0.308 e. The summed E-state index contributed by atoms with van der Waals surface area (Å²) in [5.41, 5.74) is 0.765. The predicted octanol–water partition coefficient (Wildman–Crippen LogP) is 2.37. The number of hydrogen-bond acceptors (Lipinski definition) is 4. The Kier molecular flexibility index (Phi) is 3.50. The number of aliphatic carboxylic acids is 1. The van der Waals surface area contributed by atoms with Crippen molar-refractivity contribution in [2.75, 3.05) is 18.0 Å². The second-order valence-corrected chi connectivity index (χ2v) is 4.24. The van der Waals surface area contributed by atoms with Crippen LogP contribution in [0, 0.1) is 5.92 Å². The zero-order chi connectivity index (χ0) is 13.1. The molecule has 0 aliphatic carbocycles. The van der Waals surface area contributed by atoms with Crippen molar-refractivity contribution in [3.05, 3.63) is 24.6 Å². The molecule has 0 amide bonds. The van der Waals surface area contributed by atoms with Gasteiger partial charge in [-0.15, -0.1) is 0 Å². The molecule has 0 fully saturated rings. The summed E-state index contributed by atoms with van der Waals surface area (Å²) in [5, 5.41) is 9.89. The third-order valence-corrected chi connectivity index (χ3v) is 2.96. The maximum Gasteiger partial charge on any atom is 0.308 e. The molecule has 0 spiro atoms. The van der Waals surface area contributed by atoms with Crippen molar-refractivity contribution < 1.29 is 14.3 Å². The molecule has 1 N–H and O–H groups in total. The zero-order valence-electron chi connectivity index (χ0n) is 10.5. The van der Waals surface area contributed by atoms with E-state index in [9.17, 15) is 4.79 Å². The molecule has 18 heavy (non-hydrogen) atoms. The second-order valence-electron chi connectivity index (χ2n) is 4.24. The molecule has 0 saturated heterocycles. The Balaban J connectivity index is 2.32. The standard InChI is InChI=1S/C13H16N2O3/c1-3-15(8-9(2)13(16)17)12-10-5-7-18-11(10)4-6-14-12/h4-7,9H,3,8H2,1-2H3,(H,16,17). The van der Waals surface area contributed by atoms with Crippen LogP contribution in [0.4, 0.5) is 5.82 Å². The van der Waals surface area contributed by atoms with Gasteiger partial charge < -0.3 is 14.4 Å². The lowest BCUT2D eigenvalue weighted by Gasteiger charge is -2.24. The number of carboxylic acid groups (broad SMARTS) is 1. The Morgan fingerprint density at radius 1 is 1.56 bits per heavy atom. The number of hydrogen-bond donors (Lipinski definition) is 1. The van der Waals surface area contributed by atoms with Gasteiger partial charge >= 0.3 is 5.97 Å².